The number of benzene rings is 1. The van der Waals surface area contributed by atoms with Crippen LogP contribution >= 0.6 is 11.8 Å². The normalized spacial score (nSPS) is 13.6. The van der Waals surface area contributed by atoms with Gasteiger partial charge in [0.1, 0.15) is 0 Å². The molecule has 1 aromatic carbocycles. The van der Waals surface area contributed by atoms with E-state index in [1.807, 2.05) is 11.8 Å². The third-order valence-electron chi connectivity index (χ3n) is 2.95. The summed E-state index contributed by atoms with van der Waals surface area (Å²) in [5.41, 5.74) is 4.62. The lowest BCUT2D eigenvalue weighted by atomic mass is 9.89. The van der Waals surface area contributed by atoms with E-state index in [0.717, 1.165) is 12.2 Å². The van der Waals surface area contributed by atoms with Crippen LogP contribution in [-0.2, 0) is 0 Å². The van der Waals surface area contributed by atoms with Gasteiger partial charge < -0.3 is 0 Å². The molecule has 0 saturated carbocycles. The largest absolute Gasteiger partial charge is 0.271 e. The zero-order chi connectivity index (χ0) is 13.6. The molecular weight excluding hydrogens is 240 g/mol. The molecule has 1 unspecified atom stereocenters. The lowest BCUT2D eigenvalue weighted by Crippen LogP contribution is -2.37. The maximum absolute atomic E-state index is 5.63. The Morgan fingerprint density at radius 2 is 1.83 bits per heavy atom. The highest BCUT2D eigenvalue weighted by atomic mass is 32.2. The van der Waals surface area contributed by atoms with Gasteiger partial charge in [0, 0.05) is 16.7 Å². The molecule has 0 heterocycles. The van der Waals surface area contributed by atoms with Crippen LogP contribution in [0.1, 0.15) is 39.2 Å². The van der Waals surface area contributed by atoms with Crippen LogP contribution in [0, 0.1) is 12.3 Å². The van der Waals surface area contributed by atoms with E-state index >= 15 is 0 Å². The van der Waals surface area contributed by atoms with Crippen molar-refractivity contribution in [1.29, 1.82) is 0 Å². The van der Waals surface area contributed by atoms with Gasteiger partial charge in [-0.2, -0.15) is 0 Å². The summed E-state index contributed by atoms with van der Waals surface area (Å²) in [5.74, 6) is 6.65. The molecule has 0 spiro atoms. The number of nitrogens with two attached hydrogens (primary N) is 1. The van der Waals surface area contributed by atoms with Crippen molar-refractivity contribution in [2.75, 3.05) is 5.75 Å². The molecule has 0 aromatic heterocycles. The fraction of sp³-hybridized carbons (Fsp3) is 0.600. The van der Waals surface area contributed by atoms with Crippen molar-refractivity contribution < 1.29 is 0 Å². The molecule has 3 N–H and O–H groups in total. The molecular formula is C15H26N2S. The predicted molar refractivity (Wildman–Crippen MR) is 81.7 cm³/mol. The minimum Gasteiger partial charge on any atom is -0.271 e. The zero-order valence-corrected chi connectivity index (χ0v) is 12.8. The Labute approximate surface area is 116 Å². The first-order valence-corrected chi connectivity index (χ1v) is 7.55. The average molecular weight is 266 g/mol. The smallest absolute Gasteiger partial charge is 0.0304 e. The Morgan fingerprint density at radius 1 is 1.22 bits per heavy atom. The summed E-state index contributed by atoms with van der Waals surface area (Å²) in [6, 6.07) is 9.05. The lowest BCUT2D eigenvalue weighted by Gasteiger charge is -2.22. The summed E-state index contributed by atoms with van der Waals surface area (Å²) >= 11 is 1.87. The Balaban J connectivity index is 2.37. The van der Waals surface area contributed by atoms with Gasteiger partial charge in [-0.15, -0.1) is 11.8 Å². The van der Waals surface area contributed by atoms with Crippen LogP contribution in [-0.4, -0.2) is 11.8 Å². The molecule has 102 valence electrons. The Bertz CT molecular complexity index is 341. The summed E-state index contributed by atoms with van der Waals surface area (Å²) in [7, 11) is 0. The predicted octanol–water partition coefficient (Wildman–Crippen LogP) is 3.75. The quantitative estimate of drug-likeness (QED) is 0.468. The summed E-state index contributed by atoms with van der Waals surface area (Å²) in [5, 5.41) is 0. The van der Waals surface area contributed by atoms with Gasteiger partial charge in [0.25, 0.3) is 0 Å². The molecule has 0 bridgehead atoms. The third-order valence-corrected chi connectivity index (χ3v) is 4.13. The highest BCUT2D eigenvalue weighted by Crippen LogP contribution is 2.24. The molecule has 0 aliphatic carbocycles. The molecule has 0 fully saturated rings. The van der Waals surface area contributed by atoms with Crippen LogP contribution < -0.4 is 11.3 Å². The van der Waals surface area contributed by atoms with E-state index in [1.165, 1.54) is 16.9 Å². The molecule has 0 aliphatic heterocycles. The van der Waals surface area contributed by atoms with Gasteiger partial charge in [-0.3, -0.25) is 11.3 Å². The number of hydrogen-bond donors (Lipinski definition) is 2. The van der Waals surface area contributed by atoms with Crippen LogP contribution in [0.3, 0.4) is 0 Å². The minimum atomic E-state index is 0.379. The van der Waals surface area contributed by atoms with Crippen molar-refractivity contribution in [2.24, 2.45) is 11.3 Å². The molecule has 2 nitrogen and oxygen atoms in total. The first-order chi connectivity index (χ1) is 8.40. The van der Waals surface area contributed by atoms with Crippen molar-refractivity contribution in [3.63, 3.8) is 0 Å². The molecule has 0 aliphatic rings. The summed E-state index contributed by atoms with van der Waals surface area (Å²) < 4.78 is 0. The van der Waals surface area contributed by atoms with Gasteiger partial charge >= 0.3 is 0 Å². The average Bonchev–Trinajstić information content (AvgIpc) is 2.30. The SMILES string of the molecule is Cc1ccc(SCC(CCC(C)(C)C)NN)cc1. The number of hydrazine groups is 1. The minimum absolute atomic E-state index is 0.379. The van der Waals surface area contributed by atoms with Crippen LogP contribution in [0.15, 0.2) is 29.2 Å². The van der Waals surface area contributed by atoms with Gasteiger partial charge in [0.15, 0.2) is 0 Å². The lowest BCUT2D eigenvalue weighted by molar-refractivity contribution is 0.339. The first-order valence-electron chi connectivity index (χ1n) is 6.56. The van der Waals surface area contributed by atoms with Crippen LogP contribution in [0.4, 0.5) is 0 Å². The fourth-order valence-electron chi connectivity index (χ4n) is 1.65. The number of rotatable bonds is 6. The second-order valence-electron chi connectivity index (χ2n) is 6.09. The van der Waals surface area contributed by atoms with E-state index in [4.69, 9.17) is 5.84 Å². The number of nitrogens with one attached hydrogen (secondary N) is 1. The second-order valence-corrected chi connectivity index (χ2v) is 7.18. The second kappa shape index (κ2) is 7.17. The standard InChI is InChI=1S/C15H26N2S/c1-12-5-7-14(8-6-12)18-11-13(17-16)9-10-15(2,3)4/h5-8,13,17H,9-11,16H2,1-4H3. The van der Waals surface area contributed by atoms with Crippen LogP contribution in [0.2, 0.25) is 0 Å². The maximum Gasteiger partial charge on any atom is 0.0304 e. The zero-order valence-electron chi connectivity index (χ0n) is 12.0. The summed E-state index contributed by atoms with van der Waals surface area (Å²) in [6.45, 7) is 8.93. The molecule has 0 saturated heterocycles. The van der Waals surface area contributed by atoms with Gasteiger partial charge in [-0.1, -0.05) is 38.5 Å². The summed E-state index contributed by atoms with van der Waals surface area (Å²) in [6.07, 6.45) is 2.31. The van der Waals surface area contributed by atoms with E-state index in [0.29, 0.717) is 11.5 Å². The number of hydrogen-bond acceptors (Lipinski definition) is 3. The van der Waals surface area contributed by atoms with Gasteiger partial charge in [0.2, 0.25) is 0 Å². The van der Waals surface area contributed by atoms with Gasteiger partial charge in [-0.25, -0.2) is 0 Å². The van der Waals surface area contributed by atoms with Crippen LogP contribution in [0.5, 0.6) is 0 Å². The van der Waals surface area contributed by atoms with Crippen molar-refractivity contribution in [3.8, 4) is 0 Å². The van der Waals surface area contributed by atoms with Crippen molar-refractivity contribution in [2.45, 2.75) is 51.5 Å². The third kappa shape index (κ3) is 6.43. The van der Waals surface area contributed by atoms with Crippen LogP contribution in [0.25, 0.3) is 0 Å². The van der Waals surface area contributed by atoms with E-state index in [2.05, 4.69) is 57.4 Å². The molecule has 0 radical (unpaired) electrons. The number of aryl methyl sites for hydroxylation is 1. The molecule has 3 heteroatoms. The van der Waals surface area contributed by atoms with E-state index in [9.17, 15) is 0 Å². The van der Waals surface area contributed by atoms with Gasteiger partial charge in [0.05, 0.1) is 0 Å². The molecule has 1 rings (SSSR count). The first kappa shape index (κ1) is 15.5. The Kier molecular flexibility index (Phi) is 6.19. The molecule has 1 atom stereocenters. The molecule has 18 heavy (non-hydrogen) atoms. The Morgan fingerprint density at radius 3 is 2.33 bits per heavy atom. The van der Waals surface area contributed by atoms with Gasteiger partial charge in [-0.05, 0) is 37.3 Å². The van der Waals surface area contributed by atoms with Crippen molar-refractivity contribution in [3.05, 3.63) is 29.8 Å². The molecule has 0 amide bonds. The van der Waals surface area contributed by atoms with E-state index in [1.54, 1.807) is 0 Å². The van der Waals surface area contributed by atoms with E-state index < -0.39 is 0 Å². The monoisotopic (exact) mass is 266 g/mol. The highest BCUT2D eigenvalue weighted by molar-refractivity contribution is 7.99. The fourth-order valence-corrected chi connectivity index (χ4v) is 2.64. The summed E-state index contributed by atoms with van der Waals surface area (Å²) in [4.78, 5) is 1.32. The van der Waals surface area contributed by atoms with Crippen molar-refractivity contribution in [1.82, 2.24) is 5.43 Å². The highest BCUT2D eigenvalue weighted by Gasteiger charge is 2.14. The Hall–Kier alpha value is -0.510. The van der Waals surface area contributed by atoms with E-state index in [-0.39, 0.29) is 0 Å². The topological polar surface area (TPSA) is 38.0 Å². The molecule has 1 aromatic rings. The maximum atomic E-state index is 5.63. The van der Waals surface area contributed by atoms with Crippen molar-refractivity contribution >= 4 is 11.8 Å². The number of thioether (sulfide) groups is 1.